The van der Waals surface area contributed by atoms with Gasteiger partial charge in [0.1, 0.15) is 18.2 Å². The van der Waals surface area contributed by atoms with E-state index in [0.717, 1.165) is 5.76 Å². The van der Waals surface area contributed by atoms with Crippen LogP contribution in [0.2, 0.25) is 0 Å². The molecular weight excluding hydrogens is 168 g/mol. The Morgan fingerprint density at radius 2 is 2.46 bits per heavy atom. The molecule has 0 bridgehead atoms. The molecule has 0 aromatic carbocycles. The summed E-state index contributed by atoms with van der Waals surface area (Å²) in [7, 11) is 0. The first-order valence-electron chi connectivity index (χ1n) is 4.32. The number of carbonyl (C=O) groups is 1. The molecule has 1 aromatic rings. The predicted molar refractivity (Wildman–Crippen MR) is 48.3 cm³/mol. The summed E-state index contributed by atoms with van der Waals surface area (Å²) >= 11 is 0. The Morgan fingerprint density at radius 1 is 1.69 bits per heavy atom. The van der Waals surface area contributed by atoms with E-state index in [1.165, 1.54) is 0 Å². The molecular formula is C10H14O3. The fourth-order valence-corrected chi connectivity index (χ4v) is 1.08. The van der Waals surface area contributed by atoms with Crippen LogP contribution in [0.5, 0.6) is 0 Å². The maximum atomic E-state index is 10.7. The normalized spacial score (nSPS) is 12.8. The molecule has 0 radical (unpaired) electrons. The van der Waals surface area contributed by atoms with Crippen LogP contribution in [0, 0.1) is 0 Å². The van der Waals surface area contributed by atoms with Gasteiger partial charge in [0, 0.05) is 6.42 Å². The molecule has 1 aromatic heterocycles. The standard InChI is InChI=1S/C10H14O3/c1-8(11)6-9(2)13-7-10-4-3-5-12-10/h3-5,9H,6-7H2,1-2H3. The average molecular weight is 182 g/mol. The number of hydrogen-bond acceptors (Lipinski definition) is 3. The Kier molecular flexibility index (Phi) is 3.71. The van der Waals surface area contributed by atoms with E-state index >= 15 is 0 Å². The molecule has 0 amide bonds. The van der Waals surface area contributed by atoms with Crippen LogP contribution in [0.25, 0.3) is 0 Å². The van der Waals surface area contributed by atoms with E-state index in [9.17, 15) is 4.79 Å². The van der Waals surface area contributed by atoms with Crippen LogP contribution in [0.4, 0.5) is 0 Å². The highest BCUT2D eigenvalue weighted by Crippen LogP contribution is 2.06. The monoisotopic (exact) mass is 182 g/mol. The van der Waals surface area contributed by atoms with Gasteiger partial charge in [-0.3, -0.25) is 4.79 Å². The van der Waals surface area contributed by atoms with Crippen molar-refractivity contribution in [3.05, 3.63) is 24.2 Å². The Hall–Kier alpha value is -1.09. The van der Waals surface area contributed by atoms with Crippen LogP contribution in [0.1, 0.15) is 26.0 Å². The van der Waals surface area contributed by atoms with Crippen LogP contribution in [-0.4, -0.2) is 11.9 Å². The van der Waals surface area contributed by atoms with Crippen LogP contribution in [0.3, 0.4) is 0 Å². The SMILES string of the molecule is CC(=O)CC(C)OCc1ccco1. The van der Waals surface area contributed by atoms with E-state index in [-0.39, 0.29) is 11.9 Å². The van der Waals surface area contributed by atoms with Gasteiger partial charge in [-0.15, -0.1) is 0 Å². The van der Waals surface area contributed by atoms with Crippen molar-refractivity contribution >= 4 is 5.78 Å². The summed E-state index contributed by atoms with van der Waals surface area (Å²) in [4.78, 5) is 10.7. The highest BCUT2D eigenvalue weighted by atomic mass is 16.5. The van der Waals surface area contributed by atoms with Gasteiger partial charge in [-0.1, -0.05) is 0 Å². The van der Waals surface area contributed by atoms with E-state index in [0.29, 0.717) is 13.0 Å². The van der Waals surface area contributed by atoms with Crippen LogP contribution in [-0.2, 0) is 16.1 Å². The number of ether oxygens (including phenoxy) is 1. The van der Waals surface area contributed by atoms with Gasteiger partial charge < -0.3 is 9.15 Å². The summed E-state index contributed by atoms with van der Waals surface area (Å²) in [6.07, 6.45) is 2.03. The Labute approximate surface area is 77.7 Å². The number of furan rings is 1. The molecule has 0 saturated carbocycles. The van der Waals surface area contributed by atoms with Crippen molar-refractivity contribution in [1.29, 1.82) is 0 Å². The average Bonchev–Trinajstić information content (AvgIpc) is 2.51. The second-order valence-electron chi connectivity index (χ2n) is 3.11. The molecule has 72 valence electrons. The van der Waals surface area contributed by atoms with Gasteiger partial charge >= 0.3 is 0 Å². The number of Topliss-reactive ketones (excluding diaryl/α,β-unsaturated/α-hetero) is 1. The molecule has 3 heteroatoms. The molecule has 0 aliphatic carbocycles. The van der Waals surface area contributed by atoms with Crippen LogP contribution >= 0.6 is 0 Å². The lowest BCUT2D eigenvalue weighted by atomic mass is 10.2. The van der Waals surface area contributed by atoms with Gasteiger partial charge in [-0.2, -0.15) is 0 Å². The minimum absolute atomic E-state index is 0.0393. The highest BCUT2D eigenvalue weighted by Gasteiger charge is 2.06. The fraction of sp³-hybridized carbons (Fsp3) is 0.500. The Balaban J connectivity index is 2.22. The molecule has 0 N–H and O–H groups in total. The molecule has 13 heavy (non-hydrogen) atoms. The predicted octanol–water partition coefficient (Wildman–Crippen LogP) is 2.16. The third-order valence-corrected chi connectivity index (χ3v) is 1.67. The van der Waals surface area contributed by atoms with E-state index in [4.69, 9.17) is 9.15 Å². The third-order valence-electron chi connectivity index (χ3n) is 1.67. The number of rotatable bonds is 5. The van der Waals surface area contributed by atoms with Gasteiger partial charge in [0.2, 0.25) is 0 Å². The first kappa shape index (κ1) is 9.99. The highest BCUT2D eigenvalue weighted by molar-refractivity contribution is 5.75. The van der Waals surface area contributed by atoms with Gasteiger partial charge in [0.15, 0.2) is 0 Å². The zero-order valence-electron chi connectivity index (χ0n) is 7.95. The van der Waals surface area contributed by atoms with Crippen molar-refractivity contribution < 1.29 is 13.9 Å². The van der Waals surface area contributed by atoms with E-state index in [1.54, 1.807) is 13.2 Å². The van der Waals surface area contributed by atoms with Crippen LogP contribution < -0.4 is 0 Å². The molecule has 1 heterocycles. The number of carbonyl (C=O) groups excluding carboxylic acids is 1. The first-order valence-corrected chi connectivity index (χ1v) is 4.32. The maximum absolute atomic E-state index is 10.7. The molecule has 0 spiro atoms. The molecule has 0 fully saturated rings. The lowest BCUT2D eigenvalue weighted by Crippen LogP contribution is -2.11. The van der Waals surface area contributed by atoms with Crippen molar-refractivity contribution in [1.82, 2.24) is 0 Å². The minimum atomic E-state index is -0.0393. The lowest BCUT2D eigenvalue weighted by Gasteiger charge is -2.09. The summed E-state index contributed by atoms with van der Waals surface area (Å²) in [5, 5.41) is 0. The topological polar surface area (TPSA) is 39.4 Å². The summed E-state index contributed by atoms with van der Waals surface area (Å²) in [5.74, 6) is 0.933. The van der Waals surface area contributed by atoms with Crippen molar-refractivity contribution in [3.8, 4) is 0 Å². The van der Waals surface area contributed by atoms with Crippen molar-refractivity contribution in [2.75, 3.05) is 0 Å². The molecule has 0 aliphatic rings. The molecule has 1 atom stereocenters. The molecule has 0 aliphatic heterocycles. The number of hydrogen-bond donors (Lipinski definition) is 0. The Morgan fingerprint density at radius 3 is 3.00 bits per heavy atom. The third kappa shape index (κ3) is 3.90. The van der Waals surface area contributed by atoms with Gasteiger partial charge in [-0.05, 0) is 26.0 Å². The first-order chi connectivity index (χ1) is 6.18. The van der Waals surface area contributed by atoms with E-state index < -0.39 is 0 Å². The largest absolute Gasteiger partial charge is 0.467 e. The second kappa shape index (κ2) is 4.82. The summed E-state index contributed by atoms with van der Waals surface area (Å²) in [5.41, 5.74) is 0. The van der Waals surface area contributed by atoms with E-state index in [1.807, 2.05) is 19.1 Å². The van der Waals surface area contributed by atoms with Gasteiger partial charge in [0.25, 0.3) is 0 Å². The molecule has 1 unspecified atom stereocenters. The van der Waals surface area contributed by atoms with Crippen molar-refractivity contribution in [2.45, 2.75) is 33.0 Å². The van der Waals surface area contributed by atoms with Crippen molar-refractivity contribution in [3.63, 3.8) is 0 Å². The summed E-state index contributed by atoms with van der Waals surface area (Å²) in [6, 6.07) is 3.66. The van der Waals surface area contributed by atoms with Gasteiger partial charge in [-0.25, -0.2) is 0 Å². The summed E-state index contributed by atoms with van der Waals surface area (Å²) in [6.45, 7) is 3.87. The lowest BCUT2D eigenvalue weighted by molar-refractivity contribution is -0.119. The minimum Gasteiger partial charge on any atom is -0.467 e. The van der Waals surface area contributed by atoms with Crippen LogP contribution in [0.15, 0.2) is 22.8 Å². The maximum Gasteiger partial charge on any atom is 0.132 e. The summed E-state index contributed by atoms with van der Waals surface area (Å²) < 4.78 is 10.5. The molecule has 0 saturated heterocycles. The Bertz CT molecular complexity index is 251. The van der Waals surface area contributed by atoms with Gasteiger partial charge in [0.05, 0.1) is 12.4 Å². The fourth-order valence-electron chi connectivity index (χ4n) is 1.08. The molecule has 3 nitrogen and oxygen atoms in total. The second-order valence-corrected chi connectivity index (χ2v) is 3.11. The zero-order chi connectivity index (χ0) is 9.68. The van der Waals surface area contributed by atoms with E-state index in [2.05, 4.69) is 0 Å². The smallest absolute Gasteiger partial charge is 0.132 e. The quantitative estimate of drug-likeness (QED) is 0.700. The van der Waals surface area contributed by atoms with Crippen molar-refractivity contribution in [2.24, 2.45) is 0 Å². The number of ketones is 1. The zero-order valence-corrected chi connectivity index (χ0v) is 7.95. The molecule has 1 rings (SSSR count).